The molecule has 0 radical (unpaired) electrons. The molecule has 5 heteroatoms. The van der Waals surface area contributed by atoms with E-state index in [1.54, 1.807) is 7.11 Å². The Hall–Kier alpha value is -0.810. The molecule has 5 nitrogen and oxygen atoms in total. The number of carbonyl (C=O) groups excluding carboxylic acids is 1. The lowest BCUT2D eigenvalue weighted by molar-refractivity contribution is 0.0505. The van der Waals surface area contributed by atoms with Gasteiger partial charge in [0.05, 0.1) is 0 Å². The van der Waals surface area contributed by atoms with Crippen LogP contribution in [-0.4, -0.2) is 44.0 Å². The van der Waals surface area contributed by atoms with Crippen molar-refractivity contribution >= 4 is 6.09 Å². The standard InChI is InChI=1S/C16H32N2O3/c1-16(2,3)21-15(19)18-14-9-8-13(12-14)17-10-6-5-7-11-20-4/h13-14,17H,5-12H2,1-4H3,(H,18,19). The van der Waals surface area contributed by atoms with Crippen molar-refractivity contribution in [3.05, 3.63) is 0 Å². The van der Waals surface area contributed by atoms with Crippen LogP contribution in [-0.2, 0) is 9.47 Å². The van der Waals surface area contributed by atoms with Crippen molar-refractivity contribution in [3.8, 4) is 0 Å². The average molecular weight is 300 g/mol. The van der Waals surface area contributed by atoms with Crippen LogP contribution in [0.1, 0.15) is 59.3 Å². The predicted octanol–water partition coefficient (Wildman–Crippen LogP) is 2.84. The minimum Gasteiger partial charge on any atom is -0.444 e. The van der Waals surface area contributed by atoms with E-state index < -0.39 is 5.60 Å². The van der Waals surface area contributed by atoms with Crippen molar-refractivity contribution in [3.63, 3.8) is 0 Å². The summed E-state index contributed by atoms with van der Waals surface area (Å²) in [6.45, 7) is 7.55. The molecule has 0 aromatic rings. The third-order valence-corrected chi connectivity index (χ3v) is 3.61. The van der Waals surface area contributed by atoms with E-state index in [0.29, 0.717) is 6.04 Å². The van der Waals surface area contributed by atoms with Gasteiger partial charge < -0.3 is 20.1 Å². The van der Waals surface area contributed by atoms with Crippen LogP contribution in [0.15, 0.2) is 0 Å². The minimum atomic E-state index is -0.428. The lowest BCUT2D eigenvalue weighted by Gasteiger charge is -2.21. The molecule has 0 bridgehead atoms. The second kappa shape index (κ2) is 9.26. The van der Waals surface area contributed by atoms with Crippen LogP contribution in [0.4, 0.5) is 4.79 Å². The van der Waals surface area contributed by atoms with E-state index in [9.17, 15) is 4.79 Å². The molecule has 0 aromatic carbocycles. The monoisotopic (exact) mass is 300 g/mol. The molecule has 0 saturated heterocycles. The van der Waals surface area contributed by atoms with Crippen molar-refractivity contribution in [2.45, 2.75) is 77.0 Å². The zero-order chi connectivity index (χ0) is 15.7. The molecule has 2 N–H and O–H groups in total. The maximum absolute atomic E-state index is 11.7. The highest BCUT2D eigenvalue weighted by molar-refractivity contribution is 5.68. The Kier molecular flexibility index (Phi) is 8.04. The molecular weight excluding hydrogens is 268 g/mol. The summed E-state index contributed by atoms with van der Waals surface area (Å²) in [6.07, 6.45) is 6.37. The minimum absolute atomic E-state index is 0.242. The summed E-state index contributed by atoms with van der Waals surface area (Å²) in [5, 5.41) is 6.54. The molecule has 0 heterocycles. The fourth-order valence-corrected chi connectivity index (χ4v) is 2.63. The molecule has 0 aliphatic heterocycles. The molecule has 1 aliphatic carbocycles. The average Bonchev–Trinajstić information content (AvgIpc) is 2.78. The van der Waals surface area contributed by atoms with Crippen LogP contribution in [0.25, 0.3) is 0 Å². The molecule has 1 saturated carbocycles. The topological polar surface area (TPSA) is 59.6 Å². The van der Waals surface area contributed by atoms with Gasteiger partial charge in [0.1, 0.15) is 5.60 Å². The van der Waals surface area contributed by atoms with Crippen molar-refractivity contribution in [2.24, 2.45) is 0 Å². The Balaban J connectivity index is 2.08. The van der Waals surface area contributed by atoms with Gasteiger partial charge in [-0.25, -0.2) is 4.79 Å². The first-order valence-electron chi connectivity index (χ1n) is 8.12. The molecule has 1 aliphatic rings. The van der Waals surface area contributed by atoms with Gasteiger partial charge in [0.2, 0.25) is 0 Å². The van der Waals surface area contributed by atoms with Gasteiger partial charge >= 0.3 is 6.09 Å². The highest BCUT2D eigenvalue weighted by atomic mass is 16.6. The molecule has 1 rings (SSSR count). The quantitative estimate of drug-likeness (QED) is 0.677. The van der Waals surface area contributed by atoms with Crippen LogP contribution in [0.2, 0.25) is 0 Å². The van der Waals surface area contributed by atoms with Gasteiger partial charge in [-0.1, -0.05) is 0 Å². The Bertz CT molecular complexity index is 302. The Labute approximate surface area is 129 Å². The second-order valence-electron chi connectivity index (χ2n) is 6.86. The number of hydrogen-bond acceptors (Lipinski definition) is 4. The van der Waals surface area contributed by atoms with Crippen LogP contribution < -0.4 is 10.6 Å². The number of alkyl carbamates (subject to hydrolysis) is 1. The molecule has 21 heavy (non-hydrogen) atoms. The summed E-state index contributed by atoms with van der Waals surface area (Å²) in [4.78, 5) is 11.7. The van der Waals surface area contributed by atoms with Crippen LogP contribution in [0, 0.1) is 0 Å². The summed E-state index contributed by atoms with van der Waals surface area (Å²) in [6, 6.07) is 0.762. The number of ether oxygens (including phenoxy) is 2. The molecule has 2 atom stereocenters. The number of carbonyl (C=O) groups is 1. The molecule has 1 amide bonds. The molecular formula is C16H32N2O3. The number of unbranched alkanes of at least 4 members (excludes halogenated alkanes) is 2. The van der Waals surface area contributed by atoms with Gasteiger partial charge in [0.15, 0.2) is 0 Å². The first kappa shape index (κ1) is 18.2. The van der Waals surface area contributed by atoms with Crippen molar-refractivity contribution in [1.29, 1.82) is 0 Å². The number of methoxy groups -OCH3 is 1. The van der Waals surface area contributed by atoms with E-state index in [4.69, 9.17) is 9.47 Å². The molecule has 0 spiro atoms. The summed E-state index contributed by atoms with van der Waals surface area (Å²) < 4.78 is 10.3. The van der Waals surface area contributed by atoms with Crippen LogP contribution in [0.5, 0.6) is 0 Å². The zero-order valence-corrected chi connectivity index (χ0v) is 14.0. The normalized spacial score (nSPS) is 22.3. The smallest absolute Gasteiger partial charge is 0.407 e. The van der Waals surface area contributed by atoms with Crippen molar-refractivity contribution in [2.75, 3.05) is 20.3 Å². The van der Waals surface area contributed by atoms with E-state index in [-0.39, 0.29) is 12.1 Å². The zero-order valence-electron chi connectivity index (χ0n) is 14.0. The predicted molar refractivity (Wildman–Crippen MR) is 84.5 cm³/mol. The first-order valence-corrected chi connectivity index (χ1v) is 8.12. The van der Waals surface area contributed by atoms with E-state index in [2.05, 4.69) is 10.6 Å². The van der Waals surface area contributed by atoms with Gasteiger partial charge in [-0.3, -0.25) is 0 Å². The lowest BCUT2D eigenvalue weighted by Crippen LogP contribution is -2.39. The van der Waals surface area contributed by atoms with E-state index in [0.717, 1.165) is 38.8 Å². The highest BCUT2D eigenvalue weighted by Crippen LogP contribution is 2.20. The fourth-order valence-electron chi connectivity index (χ4n) is 2.63. The molecule has 2 unspecified atom stereocenters. The SMILES string of the molecule is COCCCCCNC1CCC(NC(=O)OC(C)(C)C)C1. The number of amides is 1. The Morgan fingerprint density at radius 3 is 2.52 bits per heavy atom. The molecule has 1 fully saturated rings. The second-order valence-corrected chi connectivity index (χ2v) is 6.86. The Morgan fingerprint density at radius 2 is 1.86 bits per heavy atom. The van der Waals surface area contributed by atoms with Crippen LogP contribution in [0.3, 0.4) is 0 Å². The van der Waals surface area contributed by atoms with E-state index in [1.165, 1.54) is 12.8 Å². The summed E-state index contributed by atoms with van der Waals surface area (Å²) in [7, 11) is 1.74. The summed E-state index contributed by atoms with van der Waals surface area (Å²) in [5.74, 6) is 0. The van der Waals surface area contributed by atoms with Gasteiger partial charge in [0.25, 0.3) is 0 Å². The molecule has 0 aromatic heterocycles. The third-order valence-electron chi connectivity index (χ3n) is 3.61. The van der Waals surface area contributed by atoms with Crippen molar-refractivity contribution < 1.29 is 14.3 Å². The van der Waals surface area contributed by atoms with Gasteiger partial charge in [-0.05, 0) is 65.8 Å². The molecule has 124 valence electrons. The Morgan fingerprint density at radius 1 is 1.14 bits per heavy atom. The lowest BCUT2D eigenvalue weighted by atomic mass is 10.2. The highest BCUT2D eigenvalue weighted by Gasteiger charge is 2.27. The maximum Gasteiger partial charge on any atom is 0.407 e. The largest absolute Gasteiger partial charge is 0.444 e. The van der Waals surface area contributed by atoms with E-state index in [1.807, 2.05) is 20.8 Å². The van der Waals surface area contributed by atoms with E-state index >= 15 is 0 Å². The third kappa shape index (κ3) is 8.94. The number of nitrogens with one attached hydrogen (secondary N) is 2. The van der Waals surface area contributed by atoms with Gasteiger partial charge in [-0.2, -0.15) is 0 Å². The first-order chi connectivity index (χ1) is 9.90. The van der Waals surface area contributed by atoms with Gasteiger partial charge in [0, 0.05) is 25.8 Å². The summed E-state index contributed by atoms with van der Waals surface area (Å²) >= 11 is 0. The van der Waals surface area contributed by atoms with Gasteiger partial charge in [-0.15, -0.1) is 0 Å². The summed E-state index contributed by atoms with van der Waals surface area (Å²) in [5.41, 5.74) is -0.428. The number of hydrogen-bond donors (Lipinski definition) is 2. The fraction of sp³-hybridized carbons (Fsp3) is 0.938. The van der Waals surface area contributed by atoms with Crippen LogP contribution >= 0.6 is 0 Å². The van der Waals surface area contributed by atoms with Crippen molar-refractivity contribution in [1.82, 2.24) is 10.6 Å². The number of rotatable bonds is 8. The maximum atomic E-state index is 11.7.